The number of rotatable bonds is 5. The van der Waals surface area contributed by atoms with Crippen LogP contribution in [0, 0.1) is 6.92 Å². The number of hydrogen-bond donors (Lipinski definition) is 2. The fourth-order valence-electron chi connectivity index (χ4n) is 4.48. The highest BCUT2D eigenvalue weighted by Gasteiger charge is 2.30. The molecule has 150 valence electrons. The Morgan fingerprint density at radius 2 is 1.80 bits per heavy atom. The Kier molecular flexibility index (Phi) is 4.55. The predicted octanol–water partition coefficient (Wildman–Crippen LogP) is 5.19. The molecule has 4 nitrogen and oxygen atoms in total. The van der Waals surface area contributed by atoms with Gasteiger partial charge in [-0.05, 0) is 29.7 Å². The van der Waals surface area contributed by atoms with E-state index in [4.69, 9.17) is 4.74 Å². The van der Waals surface area contributed by atoms with E-state index in [-0.39, 0.29) is 5.75 Å². The van der Waals surface area contributed by atoms with E-state index in [9.17, 15) is 5.11 Å². The normalized spacial score (nSPS) is 11.9. The number of nitrogens with one attached hydrogen (secondary N) is 1. The molecule has 0 bridgehead atoms. The van der Waals surface area contributed by atoms with Crippen molar-refractivity contribution in [2.24, 2.45) is 0 Å². The van der Waals surface area contributed by atoms with Gasteiger partial charge in [-0.2, -0.15) is 5.10 Å². The summed E-state index contributed by atoms with van der Waals surface area (Å²) in [6, 6.07) is 20.7. The van der Waals surface area contributed by atoms with Crippen LogP contribution in [-0.4, -0.2) is 22.4 Å². The molecule has 4 heteroatoms. The fraction of sp³-hybridized carbons (Fsp3) is 0.192. The zero-order chi connectivity index (χ0) is 20.7. The van der Waals surface area contributed by atoms with Crippen LogP contribution in [0.5, 0.6) is 11.5 Å². The van der Waals surface area contributed by atoms with Crippen molar-refractivity contribution < 1.29 is 9.84 Å². The van der Waals surface area contributed by atoms with Crippen LogP contribution in [0.1, 0.15) is 39.1 Å². The standard InChI is InChI=1S/C26H24N2O2/c1-16-7-6-10-18(11-16)13-22-20-14-19-15-23(30-2)26(29)21(24(19)25(20)28-27-22)12-17-8-4-3-5-9-17/h3-11,15,29H,12-14H2,1-2H3,(H,27,28). The molecule has 0 saturated carbocycles. The molecule has 1 aromatic heterocycles. The molecule has 0 radical (unpaired) electrons. The molecule has 2 N–H and O–H groups in total. The maximum atomic E-state index is 10.9. The SMILES string of the molecule is COc1cc2c(c(Cc3ccccc3)c1O)-c1n[nH]c(Cc3cccc(C)c3)c1C2. The van der Waals surface area contributed by atoms with Crippen molar-refractivity contribution in [3.63, 3.8) is 0 Å². The number of phenolic OH excluding ortho intramolecular Hbond substituents is 1. The van der Waals surface area contributed by atoms with Crippen LogP contribution in [0.15, 0.2) is 60.7 Å². The van der Waals surface area contributed by atoms with Crippen molar-refractivity contribution in [2.45, 2.75) is 26.2 Å². The molecular weight excluding hydrogens is 372 g/mol. The van der Waals surface area contributed by atoms with Gasteiger partial charge in [-0.1, -0.05) is 60.2 Å². The van der Waals surface area contributed by atoms with E-state index in [1.54, 1.807) is 7.11 Å². The lowest BCUT2D eigenvalue weighted by atomic mass is 9.95. The molecule has 0 spiro atoms. The molecule has 0 aliphatic heterocycles. The minimum Gasteiger partial charge on any atom is -0.504 e. The highest BCUT2D eigenvalue weighted by molar-refractivity contribution is 5.81. The summed E-state index contributed by atoms with van der Waals surface area (Å²) in [6.07, 6.45) is 2.24. The Bertz CT molecular complexity index is 1230. The van der Waals surface area contributed by atoms with Gasteiger partial charge in [0.05, 0.1) is 12.8 Å². The lowest BCUT2D eigenvalue weighted by molar-refractivity contribution is 0.371. The molecule has 0 unspecified atom stereocenters. The third kappa shape index (κ3) is 3.14. The molecule has 1 aliphatic carbocycles. The van der Waals surface area contributed by atoms with Gasteiger partial charge >= 0.3 is 0 Å². The zero-order valence-corrected chi connectivity index (χ0v) is 17.2. The van der Waals surface area contributed by atoms with E-state index in [2.05, 4.69) is 53.5 Å². The molecule has 0 saturated heterocycles. The largest absolute Gasteiger partial charge is 0.504 e. The quantitative estimate of drug-likeness (QED) is 0.430. The van der Waals surface area contributed by atoms with E-state index in [0.29, 0.717) is 12.2 Å². The van der Waals surface area contributed by atoms with Crippen molar-refractivity contribution in [1.29, 1.82) is 0 Å². The summed E-state index contributed by atoms with van der Waals surface area (Å²) in [5.74, 6) is 0.727. The molecule has 1 heterocycles. The number of aromatic hydroxyl groups is 1. The number of nitrogens with zero attached hydrogens (tertiary/aromatic N) is 1. The lowest BCUT2D eigenvalue weighted by Crippen LogP contribution is -1.98. The maximum Gasteiger partial charge on any atom is 0.161 e. The number of ether oxygens (including phenoxy) is 1. The summed E-state index contributed by atoms with van der Waals surface area (Å²) >= 11 is 0. The van der Waals surface area contributed by atoms with Gasteiger partial charge in [0.2, 0.25) is 0 Å². The molecule has 5 rings (SSSR count). The lowest BCUT2D eigenvalue weighted by Gasteiger charge is -2.14. The minimum absolute atomic E-state index is 0.205. The van der Waals surface area contributed by atoms with E-state index in [0.717, 1.165) is 46.5 Å². The van der Waals surface area contributed by atoms with Crippen LogP contribution in [0.4, 0.5) is 0 Å². The van der Waals surface area contributed by atoms with Gasteiger partial charge in [-0.25, -0.2) is 0 Å². The summed E-state index contributed by atoms with van der Waals surface area (Å²) in [4.78, 5) is 0. The van der Waals surface area contributed by atoms with Crippen LogP contribution in [-0.2, 0) is 19.3 Å². The summed E-state index contributed by atoms with van der Waals surface area (Å²) in [7, 11) is 1.60. The van der Waals surface area contributed by atoms with Crippen LogP contribution in [0.2, 0.25) is 0 Å². The molecule has 0 atom stereocenters. The minimum atomic E-state index is 0.205. The molecule has 3 aromatic carbocycles. The van der Waals surface area contributed by atoms with E-state index < -0.39 is 0 Å². The monoisotopic (exact) mass is 396 g/mol. The number of aromatic nitrogens is 2. The van der Waals surface area contributed by atoms with Crippen LogP contribution in [0.25, 0.3) is 11.3 Å². The van der Waals surface area contributed by atoms with Gasteiger partial charge in [0.1, 0.15) is 0 Å². The van der Waals surface area contributed by atoms with E-state index >= 15 is 0 Å². The topological polar surface area (TPSA) is 58.1 Å². The first-order chi connectivity index (χ1) is 14.6. The second-order valence-electron chi connectivity index (χ2n) is 7.97. The van der Waals surface area contributed by atoms with Gasteiger partial charge in [0.15, 0.2) is 11.5 Å². The zero-order valence-electron chi connectivity index (χ0n) is 17.2. The summed E-state index contributed by atoms with van der Waals surface area (Å²) in [5.41, 5.74) is 10.1. The molecule has 0 fully saturated rings. The highest BCUT2D eigenvalue weighted by atomic mass is 16.5. The highest BCUT2D eigenvalue weighted by Crippen LogP contribution is 2.47. The van der Waals surface area contributed by atoms with E-state index in [1.807, 2.05) is 24.3 Å². The number of benzene rings is 3. The van der Waals surface area contributed by atoms with Gasteiger partial charge in [0, 0.05) is 41.6 Å². The predicted molar refractivity (Wildman–Crippen MR) is 118 cm³/mol. The molecule has 0 amide bonds. The number of hydrogen-bond acceptors (Lipinski definition) is 3. The van der Waals surface area contributed by atoms with E-state index in [1.165, 1.54) is 16.7 Å². The summed E-state index contributed by atoms with van der Waals surface area (Å²) < 4.78 is 5.48. The van der Waals surface area contributed by atoms with Crippen molar-refractivity contribution in [3.8, 4) is 22.8 Å². The molecule has 4 aromatic rings. The molecule has 30 heavy (non-hydrogen) atoms. The van der Waals surface area contributed by atoms with Crippen molar-refractivity contribution in [1.82, 2.24) is 10.2 Å². The number of phenols is 1. The first-order valence-electron chi connectivity index (χ1n) is 10.2. The number of H-pyrrole nitrogens is 1. The molecular formula is C26H24N2O2. The van der Waals surface area contributed by atoms with Crippen LogP contribution in [0.3, 0.4) is 0 Å². The number of aryl methyl sites for hydroxylation is 1. The van der Waals surface area contributed by atoms with Crippen molar-refractivity contribution in [2.75, 3.05) is 7.11 Å². The number of fused-ring (bicyclic) bond motifs is 3. The number of aromatic amines is 1. The van der Waals surface area contributed by atoms with Gasteiger partial charge in [-0.15, -0.1) is 0 Å². The second kappa shape index (κ2) is 7.38. The Morgan fingerprint density at radius 3 is 2.57 bits per heavy atom. The van der Waals surface area contributed by atoms with Gasteiger partial charge in [-0.3, -0.25) is 5.10 Å². The Morgan fingerprint density at radius 1 is 1.00 bits per heavy atom. The smallest absolute Gasteiger partial charge is 0.161 e. The van der Waals surface area contributed by atoms with Gasteiger partial charge < -0.3 is 9.84 Å². The Balaban J connectivity index is 1.58. The number of methoxy groups -OCH3 is 1. The summed E-state index contributed by atoms with van der Waals surface area (Å²) in [6.45, 7) is 2.11. The molecule has 1 aliphatic rings. The Hall–Kier alpha value is -3.53. The Labute approximate surface area is 176 Å². The average Bonchev–Trinajstić information content (AvgIpc) is 3.30. The maximum absolute atomic E-state index is 10.9. The fourth-order valence-corrected chi connectivity index (χ4v) is 4.48. The van der Waals surface area contributed by atoms with Crippen LogP contribution >= 0.6 is 0 Å². The average molecular weight is 396 g/mol. The first kappa shape index (κ1) is 18.5. The third-order valence-corrected chi connectivity index (χ3v) is 5.91. The van der Waals surface area contributed by atoms with Crippen molar-refractivity contribution in [3.05, 3.63) is 99.7 Å². The van der Waals surface area contributed by atoms with Gasteiger partial charge in [0.25, 0.3) is 0 Å². The van der Waals surface area contributed by atoms with Crippen LogP contribution < -0.4 is 4.74 Å². The summed E-state index contributed by atoms with van der Waals surface area (Å²) in [5, 5.41) is 18.9. The first-order valence-corrected chi connectivity index (χ1v) is 10.2. The third-order valence-electron chi connectivity index (χ3n) is 5.91. The van der Waals surface area contributed by atoms with Crippen molar-refractivity contribution >= 4 is 0 Å². The second-order valence-corrected chi connectivity index (χ2v) is 7.97.